The molecular formula is C17H28O3. The van der Waals surface area contributed by atoms with E-state index < -0.39 is 17.2 Å². The topological polar surface area (TPSA) is 46.5 Å². The third kappa shape index (κ3) is 1.65. The molecule has 2 aliphatic rings. The zero-order valence-electron chi connectivity index (χ0n) is 13.6. The smallest absolute Gasteiger partial charge is 0.332 e. The lowest BCUT2D eigenvalue weighted by atomic mass is 9.65. The highest BCUT2D eigenvalue weighted by Crippen LogP contribution is 2.74. The maximum Gasteiger partial charge on any atom is 0.332 e. The molecule has 0 aliphatic heterocycles. The largest absolute Gasteiger partial charge is 0.429 e. The summed E-state index contributed by atoms with van der Waals surface area (Å²) in [4.78, 5) is 11.8. The third-order valence-corrected chi connectivity index (χ3v) is 6.27. The Kier molecular flexibility index (Phi) is 3.18. The highest BCUT2D eigenvalue weighted by atomic mass is 16.7. The van der Waals surface area contributed by atoms with E-state index in [0.29, 0.717) is 5.92 Å². The fraction of sp³-hybridized carbons (Fsp3) is 0.824. The summed E-state index contributed by atoms with van der Waals surface area (Å²) < 4.78 is 5.56. The zero-order valence-corrected chi connectivity index (χ0v) is 13.6. The average molecular weight is 280 g/mol. The first kappa shape index (κ1) is 15.6. The minimum absolute atomic E-state index is 0.0544. The molecule has 0 aromatic heterocycles. The van der Waals surface area contributed by atoms with Gasteiger partial charge in [-0.25, -0.2) is 4.79 Å². The number of rotatable bonds is 2. The van der Waals surface area contributed by atoms with Crippen molar-refractivity contribution < 1.29 is 14.6 Å². The maximum absolute atomic E-state index is 11.8. The van der Waals surface area contributed by atoms with Gasteiger partial charge in [-0.2, -0.15) is 0 Å². The predicted octanol–water partition coefficient (Wildman–Crippen LogP) is 3.52. The molecule has 0 aromatic carbocycles. The van der Waals surface area contributed by atoms with E-state index in [1.807, 2.05) is 0 Å². The molecule has 3 heteroatoms. The Morgan fingerprint density at radius 1 is 1.35 bits per heavy atom. The van der Waals surface area contributed by atoms with Crippen molar-refractivity contribution in [3.8, 4) is 0 Å². The normalized spacial score (nSPS) is 42.5. The summed E-state index contributed by atoms with van der Waals surface area (Å²) in [6.45, 7) is 16.3. The van der Waals surface area contributed by atoms with Gasteiger partial charge in [0.2, 0.25) is 5.79 Å². The summed E-state index contributed by atoms with van der Waals surface area (Å²) in [5.41, 5.74) is -0.598. The third-order valence-electron chi connectivity index (χ3n) is 6.27. The molecule has 0 amide bonds. The molecule has 2 aliphatic carbocycles. The van der Waals surface area contributed by atoms with Crippen LogP contribution in [0.5, 0.6) is 0 Å². The van der Waals surface area contributed by atoms with Gasteiger partial charge in [-0.3, -0.25) is 0 Å². The van der Waals surface area contributed by atoms with Crippen molar-refractivity contribution in [3.63, 3.8) is 0 Å². The maximum atomic E-state index is 11.8. The van der Waals surface area contributed by atoms with Crippen LogP contribution in [-0.2, 0) is 9.53 Å². The fourth-order valence-electron chi connectivity index (χ4n) is 4.94. The van der Waals surface area contributed by atoms with Crippen LogP contribution in [-0.4, -0.2) is 16.9 Å². The summed E-state index contributed by atoms with van der Waals surface area (Å²) in [5, 5.41) is 11.4. The van der Waals surface area contributed by atoms with Gasteiger partial charge in [-0.15, -0.1) is 0 Å². The van der Waals surface area contributed by atoms with Gasteiger partial charge in [-0.1, -0.05) is 48.1 Å². The van der Waals surface area contributed by atoms with Crippen LogP contribution < -0.4 is 0 Å². The van der Waals surface area contributed by atoms with E-state index in [4.69, 9.17) is 4.74 Å². The summed E-state index contributed by atoms with van der Waals surface area (Å²) in [6, 6.07) is 0. The Bertz CT molecular complexity index is 446. The molecule has 2 bridgehead atoms. The van der Waals surface area contributed by atoms with Crippen molar-refractivity contribution in [1.29, 1.82) is 0 Å². The molecule has 0 spiro atoms. The standard InChI is InChI=1S/C17H28O3/c1-8-12(18)20-17(19)13(14(2,3)4)11-9-10-16(17,7)15(11,5)6/h8,11,13,19H,1,9-10H2,2-7H3/t11-,13?,16-,17-/m1/s1. The second-order valence-corrected chi connectivity index (χ2v) is 8.36. The highest BCUT2D eigenvalue weighted by Gasteiger charge is 2.77. The summed E-state index contributed by atoms with van der Waals surface area (Å²) >= 11 is 0. The van der Waals surface area contributed by atoms with Crippen LogP contribution >= 0.6 is 0 Å². The number of hydrogen-bond donors (Lipinski definition) is 1. The SMILES string of the molecule is C=CC(=O)O[C@]1(O)C(C(C)(C)C)[C@H]2CC[C@]1(C)C2(C)C. The van der Waals surface area contributed by atoms with Crippen LogP contribution in [0.15, 0.2) is 12.7 Å². The molecule has 2 rings (SSSR count). The molecule has 0 heterocycles. The number of fused-ring (bicyclic) bond motifs is 2. The first-order chi connectivity index (χ1) is 8.92. The molecule has 1 N–H and O–H groups in total. The molecule has 114 valence electrons. The van der Waals surface area contributed by atoms with Crippen molar-refractivity contribution in [2.24, 2.45) is 28.1 Å². The molecule has 4 atom stereocenters. The first-order valence-corrected chi connectivity index (χ1v) is 7.49. The van der Waals surface area contributed by atoms with Gasteiger partial charge in [0.1, 0.15) is 0 Å². The lowest BCUT2D eigenvalue weighted by Gasteiger charge is -2.49. The van der Waals surface area contributed by atoms with Gasteiger partial charge in [0.25, 0.3) is 0 Å². The molecule has 0 aromatic rings. The van der Waals surface area contributed by atoms with E-state index in [9.17, 15) is 9.90 Å². The molecule has 2 fully saturated rings. The van der Waals surface area contributed by atoms with Crippen LogP contribution in [0.2, 0.25) is 0 Å². The number of carbonyl (C=O) groups is 1. The summed E-state index contributed by atoms with van der Waals surface area (Å²) in [6.07, 6.45) is 3.11. The lowest BCUT2D eigenvalue weighted by Crippen LogP contribution is -2.56. The summed E-state index contributed by atoms with van der Waals surface area (Å²) in [5.74, 6) is -1.66. The Morgan fingerprint density at radius 2 is 1.90 bits per heavy atom. The Morgan fingerprint density at radius 3 is 2.35 bits per heavy atom. The molecule has 20 heavy (non-hydrogen) atoms. The van der Waals surface area contributed by atoms with Gasteiger partial charge < -0.3 is 9.84 Å². The second-order valence-electron chi connectivity index (χ2n) is 8.36. The Balaban J connectivity index is 2.56. The predicted molar refractivity (Wildman–Crippen MR) is 78.8 cm³/mol. The van der Waals surface area contributed by atoms with E-state index in [2.05, 4.69) is 48.1 Å². The van der Waals surface area contributed by atoms with Gasteiger partial charge >= 0.3 is 5.97 Å². The Hall–Kier alpha value is -0.830. The van der Waals surface area contributed by atoms with Crippen LogP contribution in [0.3, 0.4) is 0 Å². The molecule has 2 saturated carbocycles. The van der Waals surface area contributed by atoms with Gasteiger partial charge in [0.05, 0.1) is 0 Å². The average Bonchev–Trinajstić information content (AvgIpc) is 2.58. The highest BCUT2D eigenvalue weighted by molar-refractivity contribution is 5.81. The van der Waals surface area contributed by atoms with Crippen molar-refractivity contribution in [2.45, 2.75) is 60.2 Å². The lowest BCUT2D eigenvalue weighted by molar-refractivity contribution is -0.291. The van der Waals surface area contributed by atoms with Crippen molar-refractivity contribution >= 4 is 5.97 Å². The molecule has 1 unspecified atom stereocenters. The van der Waals surface area contributed by atoms with Crippen molar-refractivity contribution in [2.75, 3.05) is 0 Å². The molecular weight excluding hydrogens is 252 g/mol. The van der Waals surface area contributed by atoms with Crippen molar-refractivity contribution in [3.05, 3.63) is 12.7 Å². The van der Waals surface area contributed by atoms with Crippen molar-refractivity contribution in [1.82, 2.24) is 0 Å². The first-order valence-electron chi connectivity index (χ1n) is 7.49. The number of esters is 1. The van der Waals surface area contributed by atoms with Gasteiger partial charge in [0, 0.05) is 17.4 Å². The minimum atomic E-state index is -1.41. The van der Waals surface area contributed by atoms with E-state index in [1.54, 1.807) is 0 Å². The van der Waals surface area contributed by atoms with Gasteiger partial charge in [0.15, 0.2) is 0 Å². The fourth-order valence-corrected chi connectivity index (χ4v) is 4.94. The molecule has 3 nitrogen and oxygen atoms in total. The quantitative estimate of drug-likeness (QED) is 0.478. The number of aliphatic hydroxyl groups is 1. The van der Waals surface area contributed by atoms with E-state index in [0.717, 1.165) is 18.9 Å². The summed E-state index contributed by atoms with van der Waals surface area (Å²) in [7, 11) is 0. The van der Waals surface area contributed by atoms with Gasteiger partial charge in [-0.05, 0) is 29.6 Å². The molecule has 0 saturated heterocycles. The van der Waals surface area contributed by atoms with Crippen LogP contribution in [0.25, 0.3) is 0 Å². The number of hydrogen-bond acceptors (Lipinski definition) is 3. The number of carbonyl (C=O) groups excluding carboxylic acids is 1. The van der Waals surface area contributed by atoms with Crippen LogP contribution in [0.1, 0.15) is 54.4 Å². The van der Waals surface area contributed by atoms with Crippen LogP contribution in [0.4, 0.5) is 0 Å². The van der Waals surface area contributed by atoms with E-state index in [-0.39, 0.29) is 16.7 Å². The van der Waals surface area contributed by atoms with Crippen LogP contribution in [0, 0.1) is 28.1 Å². The second kappa shape index (κ2) is 4.09. The molecule has 0 radical (unpaired) electrons. The minimum Gasteiger partial charge on any atom is -0.429 e. The van der Waals surface area contributed by atoms with E-state index in [1.165, 1.54) is 0 Å². The monoisotopic (exact) mass is 280 g/mol. The number of ether oxygens (including phenoxy) is 1. The Labute approximate surface area is 122 Å². The van der Waals surface area contributed by atoms with E-state index >= 15 is 0 Å². The zero-order chi connectivity index (χ0) is 15.6.